The van der Waals surface area contributed by atoms with Crippen LogP contribution in [0.25, 0.3) is 11.5 Å². The first-order valence-electron chi connectivity index (χ1n) is 9.36. The van der Waals surface area contributed by atoms with Crippen LogP contribution in [0.15, 0.2) is 45.7 Å². The molecule has 31 heavy (non-hydrogen) atoms. The standard InChI is InChI=1S/C21H22FN3O5S/c1-27-16-11-13(12-17(28-2)19(16)29-3)20-24-25-21(30-20)23-18(26)5-4-10-31-15-8-6-14(22)7-9-15/h6-9,11-12H,4-5,10H2,1-3H3,(H,23,25,26). The second kappa shape index (κ2) is 10.7. The molecule has 0 aliphatic heterocycles. The first-order chi connectivity index (χ1) is 15.0. The normalized spacial score (nSPS) is 10.6. The summed E-state index contributed by atoms with van der Waals surface area (Å²) in [7, 11) is 4.53. The van der Waals surface area contributed by atoms with Crippen molar-refractivity contribution in [2.75, 3.05) is 32.4 Å². The van der Waals surface area contributed by atoms with Gasteiger partial charge in [-0.1, -0.05) is 5.10 Å². The average Bonchev–Trinajstić information content (AvgIpc) is 3.25. The van der Waals surface area contributed by atoms with Crippen molar-refractivity contribution in [2.45, 2.75) is 17.7 Å². The lowest BCUT2D eigenvalue weighted by Gasteiger charge is -2.12. The van der Waals surface area contributed by atoms with E-state index in [1.54, 1.807) is 36.0 Å². The van der Waals surface area contributed by atoms with E-state index < -0.39 is 0 Å². The number of carbonyl (C=O) groups excluding carboxylic acids is 1. The molecule has 0 aliphatic rings. The molecular weight excluding hydrogens is 425 g/mol. The number of benzene rings is 2. The average molecular weight is 447 g/mol. The lowest BCUT2D eigenvalue weighted by atomic mass is 10.2. The fourth-order valence-corrected chi connectivity index (χ4v) is 3.58. The molecule has 0 saturated heterocycles. The van der Waals surface area contributed by atoms with Gasteiger partial charge in [-0.2, -0.15) is 0 Å². The minimum absolute atomic E-state index is 0.0000561. The van der Waals surface area contributed by atoms with Crippen LogP contribution in [0.3, 0.4) is 0 Å². The van der Waals surface area contributed by atoms with Crippen molar-refractivity contribution in [1.29, 1.82) is 0 Å². The van der Waals surface area contributed by atoms with E-state index in [0.717, 1.165) is 10.6 Å². The summed E-state index contributed by atoms with van der Waals surface area (Å²) < 4.78 is 34.4. The molecule has 0 bridgehead atoms. The van der Waals surface area contributed by atoms with Gasteiger partial charge in [0.25, 0.3) is 0 Å². The molecule has 3 rings (SSSR count). The number of hydrogen-bond donors (Lipinski definition) is 1. The van der Waals surface area contributed by atoms with Crippen LogP contribution in [0.4, 0.5) is 10.4 Å². The van der Waals surface area contributed by atoms with E-state index in [9.17, 15) is 9.18 Å². The number of nitrogens with one attached hydrogen (secondary N) is 1. The Morgan fingerprint density at radius 1 is 1.06 bits per heavy atom. The zero-order valence-corrected chi connectivity index (χ0v) is 18.1. The van der Waals surface area contributed by atoms with E-state index in [1.807, 2.05) is 0 Å². The molecule has 8 nitrogen and oxygen atoms in total. The summed E-state index contributed by atoms with van der Waals surface area (Å²) in [5, 5.41) is 10.4. The van der Waals surface area contributed by atoms with Crippen LogP contribution >= 0.6 is 11.8 Å². The lowest BCUT2D eigenvalue weighted by Crippen LogP contribution is -2.11. The molecule has 1 heterocycles. The molecule has 1 aromatic heterocycles. The Kier molecular flexibility index (Phi) is 7.71. The van der Waals surface area contributed by atoms with E-state index in [-0.39, 0.29) is 30.1 Å². The van der Waals surface area contributed by atoms with Crippen LogP contribution in [0.1, 0.15) is 12.8 Å². The van der Waals surface area contributed by atoms with Gasteiger partial charge in [-0.3, -0.25) is 10.1 Å². The summed E-state index contributed by atoms with van der Waals surface area (Å²) in [5.74, 6) is 1.74. The summed E-state index contributed by atoms with van der Waals surface area (Å²) in [5.41, 5.74) is 0.554. The Morgan fingerprint density at radius 2 is 1.74 bits per heavy atom. The fraction of sp³-hybridized carbons (Fsp3) is 0.286. The topological polar surface area (TPSA) is 95.7 Å². The Balaban J connectivity index is 1.56. The number of anilines is 1. The molecule has 1 N–H and O–H groups in total. The molecule has 10 heteroatoms. The maximum Gasteiger partial charge on any atom is 0.322 e. The lowest BCUT2D eigenvalue weighted by molar-refractivity contribution is -0.116. The number of thioether (sulfide) groups is 1. The molecule has 0 aliphatic carbocycles. The van der Waals surface area contributed by atoms with Crippen molar-refractivity contribution >= 4 is 23.7 Å². The number of hydrogen-bond acceptors (Lipinski definition) is 8. The monoisotopic (exact) mass is 447 g/mol. The van der Waals surface area contributed by atoms with E-state index in [2.05, 4.69) is 15.5 Å². The van der Waals surface area contributed by atoms with Gasteiger partial charge in [0.2, 0.25) is 17.5 Å². The summed E-state index contributed by atoms with van der Waals surface area (Å²) in [4.78, 5) is 13.1. The molecule has 3 aromatic rings. The van der Waals surface area contributed by atoms with Gasteiger partial charge in [-0.25, -0.2) is 4.39 Å². The predicted molar refractivity (Wildman–Crippen MR) is 114 cm³/mol. The van der Waals surface area contributed by atoms with Gasteiger partial charge in [0.1, 0.15) is 5.82 Å². The van der Waals surface area contributed by atoms with E-state index in [1.165, 1.54) is 33.5 Å². The highest BCUT2D eigenvalue weighted by atomic mass is 32.2. The smallest absolute Gasteiger partial charge is 0.322 e. The van der Waals surface area contributed by atoms with Crippen LogP contribution < -0.4 is 19.5 Å². The Bertz CT molecular complexity index is 1000. The van der Waals surface area contributed by atoms with Crippen LogP contribution in [0.2, 0.25) is 0 Å². The first-order valence-corrected chi connectivity index (χ1v) is 10.3. The largest absolute Gasteiger partial charge is 0.493 e. The third-order valence-corrected chi connectivity index (χ3v) is 5.31. The number of amides is 1. The molecule has 0 spiro atoms. The number of ether oxygens (including phenoxy) is 3. The Morgan fingerprint density at radius 3 is 2.35 bits per heavy atom. The van der Waals surface area contributed by atoms with E-state index >= 15 is 0 Å². The molecule has 164 valence electrons. The highest BCUT2D eigenvalue weighted by Gasteiger charge is 2.18. The molecule has 1 amide bonds. The number of rotatable bonds is 10. The van der Waals surface area contributed by atoms with Gasteiger partial charge in [0.05, 0.1) is 21.3 Å². The van der Waals surface area contributed by atoms with Gasteiger partial charge in [-0.15, -0.1) is 16.9 Å². The van der Waals surface area contributed by atoms with Crippen LogP contribution in [-0.4, -0.2) is 43.2 Å². The zero-order chi connectivity index (χ0) is 22.2. The number of carbonyl (C=O) groups is 1. The molecule has 0 saturated carbocycles. The van der Waals surface area contributed by atoms with Crippen LogP contribution in [-0.2, 0) is 4.79 Å². The second-order valence-electron chi connectivity index (χ2n) is 6.28. The fourth-order valence-electron chi connectivity index (χ4n) is 2.73. The molecular formula is C21H22FN3O5S. The van der Waals surface area contributed by atoms with Gasteiger partial charge >= 0.3 is 6.01 Å². The SMILES string of the molecule is COc1cc(-c2nnc(NC(=O)CCCSc3ccc(F)cc3)o2)cc(OC)c1OC. The van der Waals surface area contributed by atoms with E-state index in [4.69, 9.17) is 18.6 Å². The minimum atomic E-state index is -0.269. The molecule has 0 radical (unpaired) electrons. The minimum Gasteiger partial charge on any atom is -0.493 e. The summed E-state index contributed by atoms with van der Waals surface area (Å²) in [6.45, 7) is 0. The summed E-state index contributed by atoms with van der Waals surface area (Å²) in [6, 6.07) is 9.60. The van der Waals surface area contributed by atoms with E-state index in [0.29, 0.717) is 29.2 Å². The van der Waals surface area contributed by atoms with Crippen molar-refractivity contribution < 1.29 is 27.8 Å². The molecule has 0 unspecified atom stereocenters. The maximum absolute atomic E-state index is 12.9. The summed E-state index contributed by atoms with van der Waals surface area (Å²) >= 11 is 1.56. The highest BCUT2D eigenvalue weighted by molar-refractivity contribution is 7.99. The molecule has 0 atom stereocenters. The van der Waals surface area contributed by atoms with Crippen molar-refractivity contribution in [3.8, 4) is 28.7 Å². The van der Waals surface area contributed by atoms with Crippen molar-refractivity contribution in [1.82, 2.24) is 10.2 Å². The Hall–Kier alpha value is -3.27. The van der Waals surface area contributed by atoms with Gasteiger partial charge < -0.3 is 18.6 Å². The Labute approximate surface area is 183 Å². The molecule has 0 fully saturated rings. The predicted octanol–water partition coefficient (Wildman–Crippen LogP) is 4.41. The van der Waals surface area contributed by atoms with Crippen molar-refractivity contribution in [2.24, 2.45) is 0 Å². The third kappa shape index (κ3) is 5.88. The van der Waals surface area contributed by atoms with Gasteiger partial charge in [-0.05, 0) is 48.6 Å². The van der Waals surface area contributed by atoms with Gasteiger partial charge in [0.15, 0.2) is 11.5 Å². The maximum atomic E-state index is 12.9. The van der Waals surface area contributed by atoms with Crippen LogP contribution in [0, 0.1) is 5.82 Å². The van der Waals surface area contributed by atoms with Crippen molar-refractivity contribution in [3.63, 3.8) is 0 Å². The summed E-state index contributed by atoms with van der Waals surface area (Å²) in [6.07, 6.45) is 0.928. The number of methoxy groups -OCH3 is 3. The third-order valence-electron chi connectivity index (χ3n) is 4.21. The number of aromatic nitrogens is 2. The quantitative estimate of drug-likeness (QED) is 0.361. The number of nitrogens with zero attached hydrogens (tertiary/aromatic N) is 2. The zero-order valence-electron chi connectivity index (χ0n) is 17.3. The van der Waals surface area contributed by atoms with Crippen LogP contribution in [0.5, 0.6) is 17.2 Å². The number of halogens is 1. The first kappa shape index (κ1) is 22.4. The van der Waals surface area contributed by atoms with Gasteiger partial charge in [0, 0.05) is 16.9 Å². The second-order valence-corrected chi connectivity index (χ2v) is 7.45. The highest BCUT2D eigenvalue weighted by Crippen LogP contribution is 2.41. The molecule has 2 aromatic carbocycles. The van der Waals surface area contributed by atoms with Crippen molar-refractivity contribution in [3.05, 3.63) is 42.2 Å².